The van der Waals surface area contributed by atoms with Crippen LogP contribution in [0.5, 0.6) is 0 Å². The molecule has 2 aromatic rings. The molecular weight excluding hydrogens is 280 g/mol. The fraction of sp³-hybridized carbons (Fsp3) is 0.429. The lowest BCUT2D eigenvalue weighted by molar-refractivity contribution is 0.127. The summed E-state index contributed by atoms with van der Waals surface area (Å²) in [5.74, 6) is 0.822. The lowest BCUT2D eigenvalue weighted by Crippen LogP contribution is -2.38. The van der Waals surface area contributed by atoms with Gasteiger partial charge in [0.25, 0.3) is 0 Å². The average Bonchev–Trinajstić information content (AvgIpc) is 2.62. The lowest BCUT2D eigenvalue weighted by Gasteiger charge is -2.38. The highest BCUT2D eigenvalue weighted by Crippen LogP contribution is 2.30. The van der Waals surface area contributed by atoms with Gasteiger partial charge in [-0.15, -0.1) is 0 Å². The molecule has 0 bridgehead atoms. The van der Waals surface area contributed by atoms with Gasteiger partial charge in [0, 0.05) is 6.04 Å². The summed E-state index contributed by atoms with van der Waals surface area (Å²) < 4.78 is 0. The standard InChI is InChI=1S/C21H28N2/c22-14-11-21(20-9-5-2-6-10-20)23-15-12-19(13-16-23)17-18-7-3-1-4-8-18/h1-10,19,21H,11-17,22H2. The van der Waals surface area contributed by atoms with E-state index in [1.165, 1.54) is 43.5 Å². The summed E-state index contributed by atoms with van der Waals surface area (Å²) in [4.78, 5) is 2.64. The molecule has 0 amide bonds. The summed E-state index contributed by atoms with van der Waals surface area (Å²) in [5.41, 5.74) is 8.77. The van der Waals surface area contributed by atoms with Crippen LogP contribution < -0.4 is 5.73 Å². The van der Waals surface area contributed by atoms with E-state index in [1.807, 2.05) is 0 Å². The first-order valence-corrected chi connectivity index (χ1v) is 8.90. The topological polar surface area (TPSA) is 29.3 Å². The summed E-state index contributed by atoms with van der Waals surface area (Å²) in [6.45, 7) is 3.14. The normalized spacial score (nSPS) is 18.0. The van der Waals surface area contributed by atoms with Crippen LogP contribution in [0.3, 0.4) is 0 Å². The van der Waals surface area contributed by atoms with E-state index in [-0.39, 0.29) is 0 Å². The van der Waals surface area contributed by atoms with Crippen molar-refractivity contribution in [3.05, 3.63) is 71.8 Å². The maximum atomic E-state index is 5.88. The Morgan fingerprint density at radius 3 is 2.13 bits per heavy atom. The maximum absolute atomic E-state index is 5.88. The monoisotopic (exact) mass is 308 g/mol. The van der Waals surface area contributed by atoms with Crippen molar-refractivity contribution < 1.29 is 0 Å². The van der Waals surface area contributed by atoms with Crippen LogP contribution in [-0.2, 0) is 6.42 Å². The van der Waals surface area contributed by atoms with Crippen LogP contribution in [0, 0.1) is 5.92 Å². The highest BCUT2D eigenvalue weighted by Gasteiger charge is 2.25. The van der Waals surface area contributed by atoms with Gasteiger partial charge in [-0.3, -0.25) is 4.90 Å². The number of hydrogen-bond donors (Lipinski definition) is 1. The first-order chi connectivity index (χ1) is 11.4. The van der Waals surface area contributed by atoms with Crippen LogP contribution in [0.25, 0.3) is 0 Å². The third-order valence-corrected chi connectivity index (χ3v) is 5.08. The molecule has 1 heterocycles. The number of rotatable bonds is 6. The highest BCUT2D eigenvalue weighted by molar-refractivity contribution is 5.19. The molecule has 2 heteroatoms. The third-order valence-electron chi connectivity index (χ3n) is 5.08. The van der Waals surface area contributed by atoms with Crippen LogP contribution in [0.15, 0.2) is 60.7 Å². The van der Waals surface area contributed by atoms with Crippen molar-refractivity contribution in [3.8, 4) is 0 Å². The van der Waals surface area contributed by atoms with Crippen LogP contribution in [-0.4, -0.2) is 24.5 Å². The van der Waals surface area contributed by atoms with Crippen LogP contribution in [0.1, 0.15) is 36.4 Å². The Bertz CT molecular complexity index is 559. The molecule has 3 rings (SSSR count). The number of nitrogens with two attached hydrogens (primary N) is 1. The minimum Gasteiger partial charge on any atom is -0.330 e. The van der Waals surface area contributed by atoms with Crippen molar-refractivity contribution in [2.45, 2.75) is 31.7 Å². The molecule has 1 fully saturated rings. The molecule has 1 saturated heterocycles. The summed E-state index contributed by atoms with van der Waals surface area (Å²) in [6, 6.07) is 22.3. The quantitative estimate of drug-likeness (QED) is 0.873. The van der Waals surface area contributed by atoms with Gasteiger partial charge in [-0.2, -0.15) is 0 Å². The van der Waals surface area contributed by atoms with Crippen molar-refractivity contribution in [2.75, 3.05) is 19.6 Å². The van der Waals surface area contributed by atoms with E-state index in [4.69, 9.17) is 5.73 Å². The van der Waals surface area contributed by atoms with E-state index in [0.717, 1.165) is 18.9 Å². The summed E-state index contributed by atoms with van der Waals surface area (Å²) in [5, 5.41) is 0. The van der Waals surface area contributed by atoms with Gasteiger partial charge in [0.15, 0.2) is 0 Å². The molecule has 1 unspecified atom stereocenters. The Morgan fingerprint density at radius 2 is 1.52 bits per heavy atom. The molecule has 1 atom stereocenters. The van der Waals surface area contributed by atoms with Crippen LogP contribution >= 0.6 is 0 Å². The van der Waals surface area contributed by atoms with Gasteiger partial charge in [-0.05, 0) is 62.4 Å². The molecule has 0 aromatic heterocycles. The number of piperidine rings is 1. The fourth-order valence-electron chi connectivity index (χ4n) is 3.81. The van der Waals surface area contributed by atoms with Crippen LogP contribution in [0.2, 0.25) is 0 Å². The summed E-state index contributed by atoms with van der Waals surface area (Å²) in [6.07, 6.45) is 4.86. The zero-order valence-electron chi connectivity index (χ0n) is 13.9. The SMILES string of the molecule is NCCC(c1ccccc1)N1CCC(Cc2ccccc2)CC1. The van der Waals surface area contributed by atoms with E-state index in [1.54, 1.807) is 0 Å². The van der Waals surface area contributed by atoms with E-state index in [0.29, 0.717) is 6.04 Å². The highest BCUT2D eigenvalue weighted by atomic mass is 15.2. The second-order valence-corrected chi connectivity index (χ2v) is 6.67. The first kappa shape index (κ1) is 16.2. The first-order valence-electron chi connectivity index (χ1n) is 8.90. The molecule has 0 radical (unpaired) electrons. The minimum absolute atomic E-state index is 0.485. The molecule has 2 nitrogen and oxygen atoms in total. The van der Waals surface area contributed by atoms with Gasteiger partial charge in [0.05, 0.1) is 0 Å². The fourth-order valence-corrected chi connectivity index (χ4v) is 3.81. The number of nitrogens with zero attached hydrogens (tertiary/aromatic N) is 1. The molecule has 1 aliphatic heterocycles. The van der Waals surface area contributed by atoms with Gasteiger partial charge >= 0.3 is 0 Å². The van der Waals surface area contributed by atoms with Gasteiger partial charge in [-0.25, -0.2) is 0 Å². The predicted octanol–water partition coefficient (Wildman–Crippen LogP) is 4.03. The molecule has 2 aromatic carbocycles. The zero-order chi connectivity index (χ0) is 15.9. The third kappa shape index (κ3) is 4.43. The second-order valence-electron chi connectivity index (χ2n) is 6.67. The molecule has 0 saturated carbocycles. The van der Waals surface area contributed by atoms with Crippen molar-refractivity contribution in [1.29, 1.82) is 0 Å². The molecular formula is C21H28N2. The Kier molecular flexibility index (Phi) is 5.84. The van der Waals surface area contributed by atoms with Crippen molar-refractivity contribution in [3.63, 3.8) is 0 Å². The van der Waals surface area contributed by atoms with Gasteiger partial charge in [-0.1, -0.05) is 60.7 Å². The van der Waals surface area contributed by atoms with E-state index < -0.39 is 0 Å². The van der Waals surface area contributed by atoms with Gasteiger partial charge in [0.1, 0.15) is 0 Å². The van der Waals surface area contributed by atoms with E-state index >= 15 is 0 Å². The molecule has 0 aliphatic carbocycles. The van der Waals surface area contributed by atoms with E-state index in [9.17, 15) is 0 Å². The van der Waals surface area contributed by atoms with Crippen LogP contribution in [0.4, 0.5) is 0 Å². The molecule has 23 heavy (non-hydrogen) atoms. The molecule has 1 aliphatic rings. The van der Waals surface area contributed by atoms with Crippen molar-refractivity contribution >= 4 is 0 Å². The Labute approximate surface area is 140 Å². The summed E-state index contributed by atoms with van der Waals surface area (Å²) in [7, 11) is 0. The lowest BCUT2D eigenvalue weighted by atomic mass is 9.88. The van der Waals surface area contributed by atoms with Gasteiger partial charge in [0.2, 0.25) is 0 Å². The number of likely N-dealkylation sites (tertiary alicyclic amines) is 1. The zero-order valence-corrected chi connectivity index (χ0v) is 13.9. The molecule has 2 N–H and O–H groups in total. The summed E-state index contributed by atoms with van der Waals surface area (Å²) >= 11 is 0. The predicted molar refractivity (Wildman–Crippen MR) is 97.3 cm³/mol. The van der Waals surface area contributed by atoms with Crippen molar-refractivity contribution in [1.82, 2.24) is 4.90 Å². The Morgan fingerprint density at radius 1 is 0.913 bits per heavy atom. The Balaban J connectivity index is 1.58. The number of benzene rings is 2. The van der Waals surface area contributed by atoms with Crippen molar-refractivity contribution in [2.24, 2.45) is 11.7 Å². The number of hydrogen-bond acceptors (Lipinski definition) is 2. The molecule has 0 spiro atoms. The largest absolute Gasteiger partial charge is 0.330 e. The maximum Gasteiger partial charge on any atom is 0.0360 e. The minimum atomic E-state index is 0.485. The van der Waals surface area contributed by atoms with Gasteiger partial charge < -0.3 is 5.73 Å². The second kappa shape index (κ2) is 8.28. The van der Waals surface area contributed by atoms with E-state index in [2.05, 4.69) is 65.6 Å². The Hall–Kier alpha value is -1.64. The molecule has 122 valence electrons. The average molecular weight is 308 g/mol. The smallest absolute Gasteiger partial charge is 0.0360 e.